The van der Waals surface area contributed by atoms with Crippen LogP contribution in [-0.4, -0.2) is 136 Å². The molecular weight excluding hydrogens is 967 g/mol. The monoisotopic (exact) mass is 1040 g/mol. The van der Waals surface area contributed by atoms with Crippen molar-refractivity contribution in [2.45, 2.75) is 129 Å². The number of amides is 11. The van der Waals surface area contributed by atoms with Gasteiger partial charge in [-0.05, 0) is 67.0 Å². The third-order valence-corrected chi connectivity index (χ3v) is 12.7. The molecule has 0 spiro atoms. The fourth-order valence-corrected chi connectivity index (χ4v) is 8.61. The minimum Gasteiger partial charge on any atom is -0.508 e. The van der Waals surface area contributed by atoms with Crippen molar-refractivity contribution in [2.24, 2.45) is 29.0 Å². The van der Waals surface area contributed by atoms with Crippen molar-refractivity contribution in [3.8, 4) is 5.75 Å². The van der Waals surface area contributed by atoms with Crippen LogP contribution in [0, 0.1) is 18.8 Å². The lowest BCUT2D eigenvalue weighted by Gasteiger charge is -2.30. The second-order valence-electron chi connectivity index (χ2n) is 18.5. The van der Waals surface area contributed by atoms with Crippen LogP contribution in [0.2, 0.25) is 0 Å². The highest BCUT2D eigenvalue weighted by molar-refractivity contribution is 7.99. The summed E-state index contributed by atoms with van der Waals surface area (Å²) in [5, 5.41) is 27.9. The maximum atomic E-state index is 14.9. The molecule has 3 rings (SSSR count). The summed E-state index contributed by atoms with van der Waals surface area (Å²) in [6, 6.07) is 4.55. The predicted octanol–water partition coefficient (Wildman–Crippen LogP) is -1.46. The number of carbonyl (C=O) groups is 11. The van der Waals surface area contributed by atoms with Crippen LogP contribution in [0.1, 0.15) is 89.3 Å². The summed E-state index contributed by atoms with van der Waals surface area (Å²) >= 11 is 1.22. The molecule has 0 bridgehead atoms. The number of aryl methyl sites for hydroxylation is 1. The van der Waals surface area contributed by atoms with Gasteiger partial charge in [0.1, 0.15) is 42.0 Å². The van der Waals surface area contributed by atoms with Gasteiger partial charge in [0, 0.05) is 31.6 Å². The van der Waals surface area contributed by atoms with Crippen molar-refractivity contribution in [1.29, 1.82) is 0 Å². The van der Waals surface area contributed by atoms with Gasteiger partial charge in [0.05, 0.1) is 19.5 Å². The smallest absolute Gasteiger partial charge is 0.245 e. The molecule has 0 aliphatic carbocycles. The SMILES string of the molecule is CC[C@H](C)[C@@H]1NC(=O)[C@H](Cc2ccc(O)cc2)NC(=O)CCSCC[C@@H](C(=O)N(CC(=O)N[C@@H](CC(C)C)C(=O)NCC(N)=O)Cc2cccc(C)c2)NC(=O)[C@H](CC(N)=O)NC(=O)[C@H](CCC(N)=O)NC1=O. The van der Waals surface area contributed by atoms with Crippen LogP contribution in [0.15, 0.2) is 48.5 Å². The van der Waals surface area contributed by atoms with Crippen LogP contribution in [0.25, 0.3) is 0 Å². The van der Waals surface area contributed by atoms with Crippen molar-refractivity contribution in [2.75, 3.05) is 24.6 Å². The Kier molecular flexibility index (Phi) is 24.6. The van der Waals surface area contributed by atoms with Gasteiger partial charge in [-0.3, -0.25) is 52.7 Å². The number of hydrogen-bond acceptors (Lipinski definition) is 13. The Morgan fingerprint density at radius 3 is 2.05 bits per heavy atom. The molecule has 2 aromatic rings. The van der Waals surface area contributed by atoms with Crippen molar-refractivity contribution in [1.82, 2.24) is 42.1 Å². The van der Waals surface area contributed by atoms with Crippen LogP contribution < -0.4 is 54.4 Å². The molecule has 400 valence electrons. The van der Waals surface area contributed by atoms with E-state index in [-0.39, 0.29) is 55.4 Å². The van der Waals surface area contributed by atoms with E-state index < -0.39 is 139 Å². The number of hydrogen-bond donors (Lipinski definition) is 11. The van der Waals surface area contributed by atoms with Crippen LogP contribution >= 0.6 is 11.8 Å². The molecule has 1 aliphatic rings. The highest BCUT2D eigenvalue weighted by atomic mass is 32.2. The normalized spacial score (nSPS) is 20.4. The first-order valence-electron chi connectivity index (χ1n) is 24.1. The maximum Gasteiger partial charge on any atom is 0.245 e. The Hall–Kier alpha value is -7.24. The number of nitrogens with one attached hydrogen (secondary N) is 7. The number of carbonyl (C=O) groups excluding carboxylic acids is 11. The van der Waals surface area contributed by atoms with Gasteiger partial charge >= 0.3 is 0 Å². The van der Waals surface area contributed by atoms with Gasteiger partial charge in [0.25, 0.3) is 0 Å². The third-order valence-electron chi connectivity index (χ3n) is 11.7. The average molecular weight is 1040 g/mol. The summed E-state index contributed by atoms with van der Waals surface area (Å²) in [5.74, 6) is -9.62. The third kappa shape index (κ3) is 21.6. The summed E-state index contributed by atoms with van der Waals surface area (Å²) in [7, 11) is 0. The lowest BCUT2D eigenvalue weighted by atomic mass is 9.96. The second-order valence-corrected chi connectivity index (χ2v) is 19.7. The molecule has 73 heavy (non-hydrogen) atoms. The Balaban J connectivity index is 2.11. The standard InChI is InChI=1S/C49H71N11O12S/c1-6-29(5)43-48(71)56-33(14-15-38(50)62)45(68)58-37(23-39(51)63)46(69)57-34(16-18-73-19-17-41(65)54-36(47(70)59-43)22-30-10-12-32(61)13-11-30)49(72)60(25-31-9-7-8-28(4)21-31)26-42(66)55-35(20-27(2)3)44(67)53-24-40(52)64/h7-13,21,27,29,33-37,43,61H,6,14-20,22-26H2,1-5H3,(H2,50,62)(H2,51,63)(H2,52,64)(H,53,67)(H,54,65)(H,55,66)(H,56,71)(H,57,69)(H,58,68)(H,59,70)/t29-,33-,34-,35-,36-,37-,43-/m0/s1. The highest BCUT2D eigenvalue weighted by Crippen LogP contribution is 2.17. The molecule has 23 nitrogen and oxygen atoms in total. The number of nitrogens with zero attached hydrogens (tertiary/aromatic N) is 1. The predicted molar refractivity (Wildman–Crippen MR) is 270 cm³/mol. The number of phenolic OH excluding ortho intramolecular Hbond substituents is 1. The van der Waals surface area contributed by atoms with Crippen molar-refractivity contribution in [3.63, 3.8) is 0 Å². The minimum atomic E-state index is -1.76. The van der Waals surface area contributed by atoms with E-state index in [0.29, 0.717) is 17.5 Å². The first-order chi connectivity index (χ1) is 34.4. The molecule has 0 unspecified atom stereocenters. The molecule has 2 aromatic carbocycles. The number of rotatable bonds is 20. The number of nitrogens with two attached hydrogens (primary N) is 3. The molecule has 0 saturated carbocycles. The summed E-state index contributed by atoms with van der Waals surface area (Å²) in [6.45, 7) is 7.58. The van der Waals surface area contributed by atoms with Gasteiger partial charge < -0.3 is 64.4 Å². The number of aromatic hydroxyl groups is 1. The van der Waals surface area contributed by atoms with Crippen LogP contribution in [-0.2, 0) is 65.7 Å². The fraction of sp³-hybridized carbons (Fsp3) is 0.531. The first kappa shape index (κ1) is 60.1. The zero-order valence-corrected chi connectivity index (χ0v) is 42.8. The Bertz CT molecular complexity index is 2300. The van der Waals surface area contributed by atoms with E-state index in [1.165, 1.54) is 23.9 Å². The zero-order valence-electron chi connectivity index (χ0n) is 42.0. The molecule has 0 radical (unpaired) electrons. The molecule has 1 heterocycles. The van der Waals surface area contributed by atoms with Crippen LogP contribution in [0.5, 0.6) is 5.75 Å². The minimum absolute atomic E-state index is 0.0290. The molecule has 1 aliphatic heterocycles. The summed E-state index contributed by atoms with van der Waals surface area (Å²) in [5.41, 5.74) is 18.2. The van der Waals surface area contributed by atoms with Crippen LogP contribution in [0.3, 0.4) is 0 Å². The molecule has 7 atom stereocenters. The Labute approximate surface area is 428 Å². The molecule has 14 N–H and O–H groups in total. The Morgan fingerprint density at radius 1 is 0.781 bits per heavy atom. The van der Waals surface area contributed by atoms with Crippen molar-refractivity contribution in [3.05, 3.63) is 65.2 Å². The molecule has 0 aromatic heterocycles. The average Bonchev–Trinajstić information content (AvgIpc) is 3.31. The summed E-state index contributed by atoms with van der Waals surface area (Å²) in [6.07, 6.45) is -1.41. The van der Waals surface area contributed by atoms with E-state index in [9.17, 15) is 57.8 Å². The lowest BCUT2D eigenvalue weighted by molar-refractivity contribution is -0.141. The molecule has 1 saturated heterocycles. The van der Waals surface area contributed by atoms with Gasteiger partial charge in [0.2, 0.25) is 65.0 Å². The molecular formula is C49H71N11O12S. The number of phenols is 1. The van der Waals surface area contributed by atoms with Gasteiger partial charge in [-0.1, -0.05) is 76.1 Å². The van der Waals surface area contributed by atoms with Crippen LogP contribution in [0.4, 0.5) is 0 Å². The maximum absolute atomic E-state index is 14.9. The van der Waals surface area contributed by atoms with Crippen molar-refractivity contribution < 1.29 is 57.8 Å². The highest BCUT2D eigenvalue weighted by Gasteiger charge is 2.36. The van der Waals surface area contributed by atoms with Gasteiger partial charge in [0.15, 0.2) is 0 Å². The van der Waals surface area contributed by atoms with Gasteiger partial charge in [-0.2, -0.15) is 11.8 Å². The fourth-order valence-electron chi connectivity index (χ4n) is 7.67. The number of thioether (sulfide) groups is 1. The van der Waals surface area contributed by atoms with Gasteiger partial charge in [-0.15, -0.1) is 0 Å². The van der Waals surface area contributed by atoms with E-state index in [1.807, 2.05) is 26.8 Å². The van der Waals surface area contributed by atoms with E-state index in [1.54, 1.807) is 44.2 Å². The molecule has 1 fully saturated rings. The van der Waals surface area contributed by atoms with Crippen molar-refractivity contribution >= 4 is 76.7 Å². The molecule has 24 heteroatoms. The zero-order chi connectivity index (χ0) is 54.4. The van der Waals surface area contributed by atoms with E-state index in [4.69, 9.17) is 17.2 Å². The largest absolute Gasteiger partial charge is 0.508 e. The van der Waals surface area contributed by atoms with E-state index >= 15 is 0 Å². The van der Waals surface area contributed by atoms with Gasteiger partial charge in [-0.25, -0.2) is 0 Å². The summed E-state index contributed by atoms with van der Waals surface area (Å²) < 4.78 is 0. The first-order valence-corrected chi connectivity index (χ1v) is 25.2. The molecule has 11 amide bonds. The quantitative estimate of drug-likeness (QED) is 0.0724. The number of primary amides is 3. The topological polar surface area (TPSA) is 374 Å². The van der Waals surface area contributed by atoms with E-state index in [2.05, 4.69) is 37.2 Å². The second kappa shape index (κ2) is 29.9. The Morgan fingerprint density at radius 2 is 1.44 bits per heavy atom. The van der Waals surface area contributed by atoms with E-state index in [0.717, 1.165) is 10.5 Å². The summed E-state index contributed by atoms with van der Waals surface area (Å²) in [4.78, 5) is 149. The number of benzene rings is 2. The lowest BCUT2D eigenvalue weighted by Crippen LogP contribution is -2.61.